The predicted molar refractivity (Wildman–Crippen MR) is 127 cm³/mol. The highest BCUT2D eigenvalue weighted by atomic mass is 35.5. The zero-order chi connectivity index (χ0) is 26.7. The molecule has 1 aromatic heterocycles. The molecule has 2 aromatic carbocycles. The Kier molecular flexibility index (Phi) is 7.74. The van der Waals surface area contributed by atoms with E-state index in [0.717, 1.165) is 17.5 Å². The number of hydrogen-bond donors (Lipinski definition) is 0. The molecule has 2 heterocycles. The Hall–Kier alpha value is -3.57. The van der Waals surface area contributed by atoms with Gasteiger partial charge in [0.1, 0.15) is 23.9 Å². The van der Waals surface area contributed by atoms with Crippen LogP contribution in [-0.2, 0) is 23.8 Å². The number of benzene rings is 2. The van der Waals surface area contributed by atoms with Crippen LogP contribution < -0.4 is 9.64 Å². The number of carbonyl (C=O) groups excluding carboxylic acids is 2. The van der Waals surface area contributed by atoms with E-state index in [0.29, 0.717) is 22.0 Å². The number of pyridine rings is 1. The molecule has 12 heteroatoms. The smallest absolute Gasteiger partial charge is 0.467 e. The lowest BCUT2D eigenvalue weighted by Gasteiger charge is -2.40. The molecule has 8 nitrogen and oxygen atoms in total. The van der Waals surface area contributed by atoms with E-state index >= 15 is 0 Å². The molecular weight excluding hydrogens is 517 g/mol. The minimum Gasteiger partial charge on any atom is -0.467 e. The highest BCUT2D eigenvalue weighted by molar-refractivity contribution is 6.35. The SMILES string of the molecule is COC(=O)[C@@H]1C[C@H](OC(C)=O)CC(N(c2ccc(OC(F)(F)F)cc2)c2ccc3cccc(Cl)c3n2)O1. The van der Waals surface area contributed by atoms with Crippen molar-refractivity contribution in [3.05, 3.63) is 59.6 Å². The Balaban J connectivity index is 1.78. The molecule has 0 spiro atoms. The first kappa shape index (κ1) is 26.5. The summed E-state index contributed by atoms with van der Waals surface area (Å²) in [6.45, 7) is 1.25. The largest absolute Gasteiger partial charge is 0.573 e. The van der Waals surface area contributed by atoms with Gasteiger partial charge in [0.05, 0.1) is 17.6 Å². The standard InChI is InChI=1S/C25H22ClF3N2O6/c1-14(32)35-18-12-20(24(33)34-2)36-22(13-18)31(16-7-9-17(10-8-16)37-25(27,28)29)21-11-6-15-4-3-5-19(26)23(15)30-21/h3-11,18,20,22H,12-13H2,1-2H3/t18-,20-,22?/m0/s1. The minimum absolute atomic E-state index is 0.0753. The molecule has 0 aliphatic carbocycles. The third-order valence-electron chi connectivity index (χ3n) is 5.60. The number of nitrogens with zero attached hydrogens (tertiary/aromatic N) is 2. The van der Waals surface area contributed by atoms with E-state index in [1.807, 2.05) is 6.07 Å². The van der Waals surface area contributed by atoms with Crippen LogP contribution in [0, 0.1) is 0 Å². The molecule has 3 aromatic rings. The van der Waals surface area contributed by atoms with Crippen LogP contribution in [0.2, 0.25) is 5.02 Å². The zero-order valence-corrected chi connectivity index (χ0v) is 20.5. The Morgan fingerprint density at radius 1 is 1.08 bits per heavy atom. The fourth-order valence-corrected chi connectivity index (χ4v) is 4.35. The number of fused-ring (bicyclic) bond motifs is 1. The number of esters is 2. The van der Waals surface area contributed by atoms with Gasteiger partial charge in [-0.2, -0.15) is 0 Å². The quantitative estimate of drug-likeness (QED) is 0.378. The molecule has 3 atom stereocenters. The topological polar surface area (TPSA) is 87.2 Å². The fraction of sp³-hybridized carbons (Fsp3) is 0.320. The molecule has 0 radical (unpaired) electrons. The summed E-state index contributed by atoms with van der Waals surface area (Å²) in [5.74, 6) is -1.28. The summed E-state index contributed by atoms with van der Waals surface area (Å²) in [6.07, 6.45) is -7.31. The number of methoxy groups -OCH3 is 1. The lowest BCUT2D eigenvalue weighted by molar-refractivity contribution is -0.274. The van der Waals surface area contributed by atoms with Gasteiger partial charge in [0.2, 0.25) is 0 Å². The summed E-state index contributed by atoms with van der Waals surface area (Å²) in [7, 11) is 1.21. The van der Waals surface area contributed by atoms with E-state index in [4.69, 9.17) is 25.8 Å². The van der Waals surface area contributed by atoms with E-state index < -0.39 is 42.5 Å². The third-order valence-corrected chi connectivity index (χ3v) is 5.90. The van der Waals surface area contributed by atoms with Crippen LogP contribution in [0.15, 0.2) is 54.6 Å². The van der Waals surface area contributed by atoms with E-state index in [-0.39, 0.29) is 12.8 Å². The number of halogens is 4. The monoisotopic (exact) mass is 538 g/mol. The van der Waals surface area contributed by atoms with Crippen molar-refractivity contribution in [1.82, 2.24) is 4.98 Å². The van der Waals surface area contributed by atoms with Gasteiger partial charge in [-0.15, -0.1) is 13.2 Å². The summed E-state index contributed by atoms with van der Waals surface area (Å²) >= 11 is 6.36. The van der Waals surface area contributed by atoms with Crippen molar-refractivity contribution in [2.45, 2.75) is 44.6 Å². The molecule has 4 rings (SSSR count). The Bertz CT molecular complexity index is 1290. The summed E-state index contributed by atoms with van der Waals surface area (Å²) in [5, 5.41) is 1.16. The minimum atomic E-state index is -4.85. The maximum Gasteiger partial charge on any atom is 0.573 e. The van der Waals surface area contributed by atoms with Gasteiger partial charge in [-0.05, 0) is 42.5 Å². The van der Waals surface area contributed by atoms with Crippen molar-refractivity contribution in [3.63, 3.8) is 0 Å². The zero-order valence-electron chi connectivity index (χ0n) is 19.7. The van der Waals surface area contributed by atoms with Gasteiger partial charge in [0.15, 0.2) is 6.10 Å². The van der Waals surface area contributed by atoms with Crippen LogP contribution in [0.1, 0.15) is 19.8 Å². The molecule has 0 amide bonds. The normalized spacial score (nSPS) is 19.8. The van der Waals surface area contributed by atoms with Gasteiger partial charge in [-0.25, -0.2) is 9.78 Å². The number of rotatable bonds is 6. The molecule has 1 aliphatic heterocycles. The van der Waals surface area contributed by atoms with Gasteiger partial charge in [0.25, 0.3) is 0 Å². The van der Waals surface area contributed by atoms with E-state index in [1.54, 1.807) is 29.2 Å². The van der Waals surface area contributed by atoms with Crippen LogP contribution in [-0.4, -0.2) is 48.8 Å². The van der Waals surface area contributed by atoms with Crippen molar-refractivity contribution in [2.75, 3.05) is 12.0 Å². The van der Waals surface area contributed by atoms with Crippen LogP contribution in [0.4, 0.5) is 24.7 Å². The van der Waals surface area contributed by atoms with Crippen molar-refractivity contribution in [2.24, 2.45) is 0 Å². The molecule has 196 valence electrons. The van der Waals surface area contributed by atoms with Crippen molar-refractivity contribution >= 4 is 45.9 Å². The number of ether oxygens (including phenoxy) is 4. The average Bonchev–Trinajstić information content (AvgIpc) is 2.84. The maximum absolute atomic E-state index is 12.7. The van der Waals surface area contributed by atoms with Gasteiger partial charge < -0.3 is 18.9 Å². The van der Waals surface area contributed by atoms with Crippen LogP contribution >= 0.6 is 11.6 Å². The van der Waals surface area contributed by atoms with Crippen LogP contribution in [0.5, 0.6) is 5.75 Å². The van der Waals surface area contributed by atoms with Crippen molar-refractivity contribution < 1.29 is 41.7 Å². The van der Waals surface area contributed by atoms with Gasteiger partial charge in [0, 0.05) is 30.8 Å². The molecule has 0 bridgehead atoms. The summed E-state index contributed by atoms with van der Waals surface area (Å²) < 4.78 is 58.3. The average molecular weight is 539 g/mol. The Morgan fingerprint density at radius 2 is 1.81 bits per heavy atom. The second kappa shape index (κ2) is 10.8. The number of alkyl halides is 3. The van der Waals surface area contributed by atoms with Gasteiger partial charge in [-0.1, -0.05) is 23.7 Å². The lowest BCUT2D eigenvalue weighted by atomic mass is 10.0. The first-order valence-corrected chi connectivity index (χ1v) is 11.5. The summed E-state index contributed by atoms with van der Waals surface area (Å²) in [5.41, 5.74) is 0.867. The van der Waals surface area contributed by atoms with E-state index in [1.165, 1.54) is 26.2 Å². The number of para-hydroxylation sites is 1. The highest BCUT2D eigenvalue weighted by Crippen LogP contribution is 2.36. The lowest BCUT2D eigenvalue weighted by Crippen LogP contribution is -2.48. The molecule has 0 N–H and O–H groups in total. The van der Waals surface area contributed by atoms with Crippen molar-refractivity contribution in [3.8, 4) is 5.75 Å². The molecular formula is C25H22ClF3N2O6. The fourth-order valence-electron chi connectivity index (χ4n) is 4.13. The molecule has 37 heavy (non-hydrogen) atoms. The molecule has 1 fully saturated rings. The first-order chi connectivity index (χ1) is 17.5. The summed E-state index contributed by atoms with van der Waals surface area (Å²) in [4.78, 5) is 30.3. The maximum atomic E-state index is 12.7. The second-order valence-electron chi connectivity index (χ2n) is 8.20. The molecule has 0 saturated carbocycles. The van der Waals surface area contributed by atoms with Gasteiger partial charge in [-0.3, -0.25) is 9.69 Å². The Morgan fingerprint density at radius 3 is 2.46 bits per heavy atom. The van der Waals surface area contributed by atoms with E-state index in [2.05, 4.69) is 9.72 Å². The number of carbonyl (C=O) groups is 2. The molecule has 1 aliphatic rings. The Labute approximate surface area is 214 Å². The third kappa shape index (κ3) is 6.41. The number of hydrogen-bond acceptors (Lipinski definition) is 8. The molecule has 1 saturated heterocycles. The number of anilines is 2. The van der Waals surface area contributed by atoms with E-state index in [9.17, 15) is 22.8 Å². The van der Waals surface area contributed by atoms with Crippen LogP contribution in [0.3, 0.4) is 0 Å². The van der Waals surface area contributed by atoms with Crippen molar-refractivity contribution in [1.29, 1.82) is 0 Å². The van der Waals surface area contributed by atoms with Gasteiger partial charge >= 0.3 is 18.3 Å². The second-order valence-corrected chi connectivity index (χ2v) is 8.61. The highest BCUT2D eigenvalue weighted by Gasteiger charge is 2.40. The molecule has 1 unspecified atom stereocenters. The summed E-state index contributed by atoms with van der Waals surface area (Å²) in [6, 6.07) is 13.8. The predicted octanol–water partition coefficient (Wildman–Crippen LogP) is 5.53. The first-order valence-electron chi connectivity index (χ1n) is 11.1. The van der Waals surface area contributed by atoms with Crippen LogP contribution in [0.25, 0.3) is 10.9 Å². The number of aromatic nitrogens is 1.